The van der Waals surface area contributed by atoms with Gasteiger partial charge < -0.3 is 20.6 Å². The topological polar surface area (TPSA) is 119 Å². The summed E-state index contributed by atoms with van der Waals surface area (Å²) in [5, 5.41) is 17.4. The first kappa shape index (κ1) is 35.8. The van der Waals surface area contributed by atoms with Crippen LogP contribution in [0.15, 0.2) is 65.6 Å². The number of carbonyl (C=O) groups is 2. The van der Waals surface area contributed by atoms with Crippen LogP contribution >= 0.6 is 11.8 Å². The molecule has 0 unspecified atom stereocenters. The fourth-order valence-electron chi connectivity index (χ4n) is 4.37. The van der Waals surface area contributed by atoms with Crippen molar-refractivity contribution in [1.29, 1.82) is 0 Å². The number of benzene rings is 2. The fourth-order valence-corrected chi connectivity index (χ4v) is 6.27. The average molecular weight is 621 g/mol. The number of hydrogen-bond acceptors (Lipinski definition) is 7. The van der Waals surface area contributed by atoms with E-state index in [4.69, 9.17) is 0 Å². The lowest BCUT2D eigenvalue weighted by Crippen LogP contribution is -2.61. The van der Waals surface area contributed by atoms with E-state index in [9.17, 15) is 23.1 Å². The van der Waals surface area contributed by atoms with E-state index in [0.717, 1.165) is 5.56 Å². The molecule has 11 heteroatoms. The number of hydrogen-bond donors (Lipinski definition) is 3. The number of sulfonamides is 1. The first-order valence-electron chi connectivity index (χ1n) is 14.2. The van der Waals surface area contributed by atoms with Gasteiger partial charge in [-0.25, -0.2) is 8.42 Å². The maximum absolute atomic E-state index is 13.8. The van der Waals surface area contributed by atoms with Crippen LogP contribution in [-0.4, -0.2) is 97.5 Å². The Morgan fingerprint density at radius 2 is 1.55 bits per heavy atom. The molecule has 0 fully saturated rings. The predicted octanol–water partition coefficient (Wildman–Crippen LogP) is 3.00. The second-order valence-corrected chi connectivity index (χ2v) is 15.2. The highest BCUT2D eigenvalue weighted by Crippen LogP contribution is 2.26. The number of carbonyl (C=O) groups excluding carboxylic acids is 2. The molecule has 3 atom stereocenters. The van der Waals surface area contributed by atoms with E-state index >= 15 is 0 Å². The van der Waals surface area contributed by atoms with Crippen LogP contribution in [0, 0.1) is 5.92 Å². The van der Waals surface area contributed by atoms with Gasteiger partial charge in [-0.2, -0.15) is 16.1 Å². The Morgan fingerprint density at radius 1 is 0.976 bits per heavy atom. The Kier molecular flexibility index (Phi) is 14.0. The monoisotopic (exact) mass is 620 g/mol. The molecule has 0 spiro atoms. The average Bonchev–Trinajstić information content (AvgIpc) is 2.93. The van der Waals surface area contributed by atoms with E-state index in [2.05, 4.69) is 10.6 Å². The summed E-state index contributed by atoms with van der Waals surface area (Å²) in [5.74, 6) is -0.493. The quantitative estimate of drug-likeness (QED) is 0.249. The third kappa shape index (κ3) is 11.0. The zero-order valence-electron chi connectivity index (χ0n) is 25.9. The zero-order valence-corrected chi connectivity index (χ0v) is 27.5. The Bertz CT molecular complexity index is 1220. The highest BCUT2D eigenvalue weighted by atomic mass is 32.2. The SMILES string of the molecule is CSC(C)(C)[C@H](NC(=O)CN(C)C)C(=O)N[C@@H](Cc1ccccc1)[C@H](O)CN(CCC(C)C)S(=O)(=O)c1ccccc1. The first-order valence-corrected chi connectivity index (χ1v) is 16.9. The molecule has 0 radical (unpaired) electrons. The Hall–Kier alpha value is -2.44. The van der Waals surface area contributed by atoms with Gasteiger partial charge in [-0.05, 0) is 70.7 Å². The summed E-state index contributed by atoms with van der Waals surface area (Å²) in [7, 11) is -0.356. The van der Waals surface area contributed by atoms with Crippen LogP contribution in [0.25, 0.3) is 0 Å². The van der Waals surface area contributed by atoms with Crippen molar-refractivity contribution >= 4 is 33.6 Å². The summed E-state index contributed by atoms with van der Waals surface area (Å²) in [4.78, 5) is 28.4. The van der Waals surface area contributed by atoms with E-state index in [0.29, 0.717) is 6.42 Å². The molecule has 234 valence electrons. The maximum atomic E-state index is 13.8. The number of rotatable bonds is 17. The number of nitrogens with zero attached hydrogens (tertiary/aromatic N) is 2. The normalized spacial score (nSPS) is 14.5. The Morgan fingerprint density at radius 3 is 2.07 bits per heavy atom. The maximum Gasteiger partial charge on any atom is 0.244 e. The lowest BCUT2D eigenvalue weighted by molar-refractivity contribution is -0.130. The number of aliphatic hydroxyl groups excluding tert-OH is 1. The summed E-state index contributed by atoms with van der Waals surface area (Å²) < 4.78 is 27.9. The summed E-state index contributed by atoms with van der Waals surface area (Å²) >= 11 is 1.45. The molecule has 0 saturated carbocycles. The van der Waals surface area contributed by atoms with Crippen LogP contribution in [0.1, 0.15) is 39.7 Å². The van der Waals surface area contributed by atoms with Gasteiger partial charge in [-0.3, -0.25) is 9.59 Å². The van der Waals surface area contributed by atoms with Crippen LogP contribution in [0.4, 0.5) is 0 Å². The molecule has 2 amide bonds. The molecule has 42 heavy (non-hydrogen) atoms. The van der Waals surface area contributed by atoms with E-state index < -0.39 is 38.9 Å². The molecule has 9 nitrogen and oxygen atoms in total. The molecular formula is C31H48N4O5S2. The van der Waals surface area contributed by atoms with E-state index in [1.165, 1.54) is 16.1 Å². The van der Waals surface area contributed by atoms with Crippen molar-refractivity contribution in [2.75, 3.05) is 40.0 Å². The summed E-state index contributed by atoms with van der Waals surface area (Å²) in [5.41, 5.74) is 0.874. The Balaban J connectivity index is 2.41. The molecule has 0 aliphatic heterocycles. The number of amides is 2. The van der Waals surface area contributed by atoms with Crippen molar-refractivity contribution in [2.24, 2.45) is 5.92 Å². The number of aliphatic hydroxyl groups is 1. The first-order chi connectivity index (χ1) is 19.7. The highest BCUT2D eigenvalue weighted by Gasteiger charge is 2.38. The molecule has 3 N–H and O–H groups in total. The molecule has 2 rings (SSSR count). The molecule has 0 aliphatic rings. The van der Waals surface area contributed by atoms with Gasteiger partial charge in [-0.1, -0.05) is 62.4 Å². The second kappa shape index (κ2) is 16.4. The van der Waals surface area contributed by atoms with Crippen LogP contribution in [0.5, 0.6) is 0 Å². The van der Waals surface area contributed by atoms with Crippen molar-refractivity contribution in [3.05, 3.63) is 66.2 Å². The van der Waals surface area contributed by atoms with Crippen molar-refractivity contribution in [3.63, 3.8) is 0 Å². The minimum atomic E-state index is -3.90. The lowest BCUT2D eigenvalue weighted by Gasteiger charge is -2.35. The summed E-state index contributed by atoms with van der Waals surface area (Å²) in [6.07, 6.45) is 1.52. The van der Waals surface area contributed by atoms with Gasteiger partial charge in [0, 0.05) is 17.8 Å². The van der Waals surface area contributed by atoms with Crippen LogP contribution in [0.3, 0.4) is 0 Å². The number of likely N-dealkylation sites (N-methyl/N-ethyl adjacent to an activating group) is 1. The van der Waals surface area contributed by atoms with Gasteiger partial charge in [0.1, 0.15) is 6.04 Å². The zero-order chi connectivity index (χ0) is 31.5. The van der Waals surface area contributed by atoms with Crippen molar-refractivity contribution < 1.29 is 23.1 Å². The molecular weight excluding hydrogens is 572 g/mol. The van der Waals surface area contributed by atoms with E-state index in [1.54, 1.807) is 49.3 Å². The minimum absolute atomic E-state index is 0.118. The third-order valence-electron chi connectivity index (χ3n) is 7.07. The largest absolute Gasteiger partial charge is 0.390 e. The minimum Gasteiger partial charge on any atom is -0.390 e. The molecule has 0 saturated heterocycles. The van der Waals surface area contributed by atoms with Crippen molar-refractivity contribution in [2.45, 2.75) is 68.4 Å². The molecule has 2 aromatic carbocycles. The number of thioether (sulfide) groups is 1. The van der Waals surface area contributed by atoms with Gasteiger partial charge >= 0.3 is 0 Å². The molecule has 0 aliphatic carbocycles. The van der Waals surface area contributed by atoms with Gasteiger partial charge in [0.05, 0.1) is 23.6 Å². The molecule has 2 aromatic rings. The fraction of sp³-hybridized carbons (Fsp3) is 0.548. The van der Waals surface area contributed by atoms with E-state index in [1.807, 2.05) is 64.3 Å². The smallest absolute Gasteiger partial charge is 0.244 e. The summed E-state index contributed by atoms with van der Waals surface area (Å²) in [6.45, 7) is 7.92. The van der Waals surface area contributed by atoms with Crippen molar-refractivity contribution in [1.82, 2.24) is 19.8 Å². The summed E-state index contributed by atoms with van der Waals surface area (Å²) in [6, 6.07) is 15.9. The third-order valence-corrected chi connectivity index (χ3v) is 10.2. The lowest BCUT2D eigenvalue weighted by atomic mass is 9.98. The molecule has 0 heterocycles. The molecule has 0 bridgehead atoms. The van der Waals surface area contributed by atoms with Gasteiger partial charge in [0.25, 0.3) is 0 Å². The van der Waals surface area contributed by atoms with Crippen LogP contribution in [-0.2, 0) is 26.0 Å². The predicted molar refractivity (Wildman–Crippen MR) is 171 cm³/mol. The molecule has 0 aromatic heterocycles. The standard InChI is InChI=1S/C31H48N4O5S2/c1-23(2)18-19-35(42(39,40)25-16-12-9-13-17-25)21-27(36)26(20-24-14-10-8-11-15-24)32-30(38)29(31(3,4)41-7)33-28(37)22-34(5)6/h8-17,23,26-27,29,36H,18-22H2,1-7H3,(H,32,38)(H,33,37)/t26-,27+,29+/m0/s1. The number of nitrogens with one attached hydrogen (secondary N) is 2. The van der Waals surface area contributed by atoms with Crippen LogP contribution < -0.4 is 10.6 Å². The second-order valence-electron chi connectivity index (χ2n) is 11.8. The van der Waals surface area contributed by atoms with Gasteiger partial charge in [0.15, 0.2) is 0 Å². The highest BCUT2D eigenvalue weighted by molar-refractivity contribution is 8.00. The van der Waals surface area contributed by atoms with Gasteiger partial charge in [-0.15, -0.1) is 0 Å². The van der Waals surface area contributed by atoms with E-state index in [-0.39, 0.29) is 42.8 Å². The Labute approximate surface area is 256 Å². The van der Waals surface area contributed by atoms with Crippen LogP contribution in [0.2, 0.25) is 0 Å². The van der Waals surface area contributed by atoms with Crippen molar-refractivity contribution in [3.8, 4) is 0 Å². The van der Waals surface area contributed by atoms with Gasteiger partial charge in [0.2, 0.25) is 21.8 Å².